The maximum absolute atomic E-state index is 12.1. The fraction of sp³-hybridized carbons (Fsp3) is 0.375. The first-order chi connectivity index (χ1) is 11.1. The van der Waals surface area contributed by atoms with Crippen molar-refractivity contribution in [3.05, 3.63) is 57.4 Å². The van der Waals surface area contributed by atoms with Crippen LogP contribution in [0.5, 0.6) is 0 Å². The molecule has 1 unspecified atom stereocenters. The predicted octanol–water partition coefficient (Wildman–Crippen LogP) is 1.87. The lowest BCUT2D eigenvalue weighted by atomic mass is 10.1. The van der Waals surface area contributed by atoms with Gasteiger partial charge in [0.25, 0.3) is 11.5 Å². The molecule has 3 heterocycles. The third-order valence-corrected chi connectivity index (χ3v) is 4.21. The van der Waals surface area contributed by atoms with E-state index in [9.17, 15) is 9.59 Å². The van der Waals surface area contributed by atoms with Crippen molar-refractivity contribution in [2.24, 2.45) is 5.92 Å². The van der Waals surface area contributed by atoms with Gasteiger partial charge in [0, 0.05) is 19.3 Å². The number of H-pyrrole nitrogens is 1. The molecule has 1 saturated heterocycles. The van der Waals surface area contributed by atoms with Crippen LogP contribution in [0.3, 0.4) is 0 Å². The zero-order valence-corrected chi connectivity index (χ0v) is 13.3. The standard InChI is InChI=1S/C16H18ClN3O3/c17-12-6-14(16(22)19-8-12)15(21)18-7-11-3-4-20(9-11)10-13-2-1-5-23-13/h1-2,5-6,8,11H,3-4,7,9-10H2,(H,18,21)(H,19,22). The molecule has 23 heavy (non-hydrogen) atoms. The van der Waals surface area contributed by atoms with Gasteiger partial charge in [0.15, 0.2) is 0 Å². The normalized spacial score (nSPS) is 18.2. The lowest BCUT2D eigenvalue weighted by molar-refractivity contribution is 0.0945. The number of rotatable bonds is 5. The fourth-order valence-corrected chi connectivity index (χ4v) is 2.97. The molecule has 6 nitrogen and oxygen atoms in total. The fourth-order valence-electron chi connectivity index (χ4n) is 2.80. The number of carbonyl (C=O) groups is 1. The van der Waals surface area contributed by atoms with Gasteiger partial charge in [0.05, 0.1) is 17.8 Å². The van der Waals surface area contributed by atoms with Crippen LogP contribution in [0.2, 0.25) is 5.02 Å². The SMILES string of the molecule is O=C(NCC1CCN(Cc2ccco2)C1)c1cc(Cl)c[nH]c1=O. The predicted molar refractivity (Wildman–Crippen MR) is 86.5 cm³/mol. The molecule has 1 amide bonds. The number of amides is 1. The molecule has 7 heteroatoms. The van der Waals surface area contributed by atoms with Crippen LogP contribution in [-0.2, 0) is 6.54 Å². The number of carbonyl (C=O) groups excluding carboxylic acids is 1. The summed E-state index contributed by atoms with van der Waals surface area (Å²) in [6.07, 6.45) is 4.04. The third-order valence-electron chi connectivity index (χ3n) is 3.99. The van der Waals surface area contributed by atoms with Crippen molar-refractivity contribution in [2.75, 3.05) is 19.6 Å². The van der Waals surface area contributed by atoms with Gasteiger partial charge in [-0.2, -0.15) is 0 Å². The number of hydrogen-bond acceptors (Lipinski definition) is 4. The molecular weight excluding hydrogens is 318 g/mol. The number of pyridine rings is 1. The average molecular weight is 336 g/mol. The van der Waals surface area contributed by atoms with Gasteiger partial charge in [-0.1, -0.05) is 11.6 Å². The summed E-state index contributed by atoms with van der Waals surface area (Å²) in [6.45, 7) is 3.19. The largest absolute Gasteiger partial charge is 0.468 e. The molecule has 0 radical (unpaired) electrons. The molecule has 122 valence electrons. The molecule has 0 aliphatic carbocycles. The van der Waals surface area contributed by atoms with Crippen molar-refractivity contribution in [3.63, 3.8) is 0 Å². The Bertz CT molecular complexity index is 726. The molecule has 0 aromatic carbocycles. The van der Waals surface area contributed by atoms with Crippen LogP contribution in [0, 0.1) is 5.92 Å². The summed E-state index contributed by atoms with van der Waals surface area (Å²) in [4.78, 5) is 28.5. The van der Waals surface area contributed by atoms with E-state index in [4.69, 9.17) is 16.0 Å². The summed E-state index contributed by atoms with van der Waals surface area (Å²) in [7, 11) is 0. The van der Waals surface area contributed by atoms with E-state index in [1.165, 1.54) is 12.3 Å². The number of aromatic nitrogens is 1. The third kappa shape index (κ3) is 4.03. The second kappa shape index (κ2) is 7.02. The van der Waals surface area contributed by atoms with E-state index >= 15 is 0 Å². The highest BCUT2D eigenvalue weighted by Gasteiger charge is 2.24. The number of nitrogens with one attached hydrogen (secondary N) is 2. The maximum atomic E-state index is 12.1. The highest BCUT2D eigenvalue weighted by molar-refractivity contribution is 6.30. The molecule has 1 fully saturated rings. The molecule has 0 saturated carbocycles. The van der Waals surface area contributed by atoms with Gasteiger partial charge in [-0.05, 0) is 37.1 Å². The monoisotopic (exact) mass is 335 g/mol. The first kappa shape index (κ1) is 15.8. The Morgan fingerprint density at radius 3 is 3.17 bits per heavy atom. The second-order valence-electron chi connectivity index (χ2n) is 5.74. The number of halogens is 1. The molecule has 3 rings (SSSR count). The lowest BCUT2D eigenvalue weighted by Gasteiger charge is -2.14. The van der Waals surface area contributed by atoms with Crippen molar-refractivity contribution in [2.45, 2.75) is 13.0 Å². The molecule has 2 aromatic rings. The average Bonchev–Trinajstić information content (AvgIpc) is 3.20. The first-order valence-corrected chi connectivity index (χ1v) is 7.91. The van der Waals surface area contributed by atoms with E-state index in [1.54, 1.807) is 6.26 Å². The Kier molecular flexibility index (Phi) is 4.83. The molecule has 2 aromatic heterocycles. The Hall–Kier alpha value is -2.05. The lowest BCUT2D eigenvalue weighted by Crippen LogP contribution is -2.34. The molecule has 1 aliphatic rings. The van der Waals surface area contributed by atoms with Gasteiger partial charge in [-0.25, -0.2) is 0 Å². The topological polar surface area (TPSA) is 78.3 Å². The number of furan rings is 1. The van der Waals surface area contributed by atoms with Crippen LogP contribution in [0.4, 0.5) is 0 Å². The number of aromatic amines is 1. The smallest absolute Gasteiger partial charge is 0.260 e. The summed E-state index contributed by atoms with van der Waals surface area (Å²) in [5.41, 5.74) is -0.388. The molecule has 1 atom stereocenters. The van der Waals surface area contributed by atoms with Crippen molar-refractivity contribution < 1.29 is 9.21 Å². The quantitative estimate of drug-likeness (QED) is 0.874. The van der Waals surface area contributed by atoms with E-state index in [0.29, 0.717) is 17.5 Å². The van der Waals surface area contributed by atoms with E-state index < -0.39 is 11.5 Å². The molecule has 2 N–H and O–H groups in total. The van der Waals surface area contributed by atoms with Crippen LogP contribution in [0.1, 0.15) is 22.5 Å². The number of likely N-dealkylation sites (tertiary alicyclic amines) is 1. The first-order valence-electron chi connectivity index (χ1n) is 7.53. The Morgan fingerprint density at radius 1 is 1.52 bits per heavy atom. The summed E-state index contributed by atoms with van der Waals surface area (Å²) >= 11 is 5.81. The van der Waals surface area contributed by atoms with Crippen molar-refractivity contribution in [1.29, 1.82) is 0 Å². The minimum atomic E-state index is -0.433. The highest BCUT2D eigenvalue weighted by Crippen LogP contribution is 2.18. The zero-order valence-electron chi connectivity index (χ0n) is 12.5. The Morgan fingerprint density at radius 2 is 2.39 bits per heavy atom. The number of hydrogen-bond donors (Lipinski definition) is 2. The minimum absolute atomic E-state index is 0.0444. The van der Waals surface area contributed by atoms with Crippen LogP contribution in [0.25, 0.3) is 0 Å². The number of nitrogens with zero attached hydrogens (tertiary/aromatic N) is 1. The second-order valence-corrected chi connectivity index (χ2v) is 6.18. The Balaban J connectivity index is 1.50. The van der Waals surface area contributed by atoms with Gasteiger partial charge < -0.3 is 14.7 Å². The van der Waals surface area contributed by atoms with Crippen molar-refractivity contribution in [3.8, 4) is 0 Å². The summed E-state index contributed by atoms with van der Waals surface area (Å²) < 4.78 is 5.35. The Labute approximate surface area is 138 Å². The van der Waals surface area contributed by atoms with Crippen molar-refractivity contribution in [1.82, 2.24) is 15.2 Å². The minimum Gasteiger partial charge on any atom is -0.468 e. The van der Waals surface area contributed by atoms with Crippen LogP contribution in [0.15, 0.2) is 39.9 Å². The summed E-state index contributed by atoms with van der Waals surface area (Å²) in [5, 5.41) is 3.15. The summed E-state index contributed by atoms with van der Waals surface area (Å²) in [5.74, 6) is 0.922. The van der Waals surface area contributed by atoms with Crippen molar-refractivity contribution >= 4 is 17.5 Å². The van der Waals surface area contributed by atoms with Gasteiger partial charge >= 0.3 is 0 Å². The van der Waals surface area contributed by atoms with Crippen LogP contribution < -0.4 is 10.9 Å². The van der Waals surface area contributed by atoms with E-state index in [-0.39, 0.29) is 5.56 Å². The van der Waals surface area contributed by atoms with E-state index in [0.717, 1.165) is 31.8 Å². The zero-order chi connectivity index (χ0) is 16.2. The summed E-state index contributed by atoms with van der Waals surface area (Å²) in [6, 6.07) is 5.22. The van der Waals surface area contributed by atoms with Crippen LogP contribution in [-0.4, -0.2) is 35.4 Å². The van der Waals surface area contributed by atoms with Gasteiger partial charge in [0.2, 0.25) is 0 Å². The maximum Gasteiger partial charge on any atom is 0.260 e. The molecule has 1 aliphatic heterocycles. The van der Waals surface area contributed by atoms with Gasteiger partial charge in [-0.15, -0.1) is 0 Å². The van der Waals surface area contributed by atoms with Gasteiger partial charge in [-0.3, -0.25) is 14.5 Å². The van der Waals surface area contributed by atoms with Gasteiger partial charge in [0.1, 0.15) is 11.3 Å². The molecular formula is C16H18ClN3O3. The van der Waals surface area contributed by atoms with E-state index in [2.05, 4.69) is 15.2 Å². The molecule has 0 bridgehead atoms. The highest BCUT2D eigenvalue weighted by atomic mass is 35.5. The van der Waals surface area contributed by atoms with E-state index in [1.807, 2.05) is 12.1 Å². The van der Waals surface area contributed by atoms with Crippen LogP contribution >= 0.6 is 11.6 Å². The molecule has 0 spiro atoms.